The Morgan fingerprint density at radius 1 is 0.641 bits per heavy atom. The highest BCUT2D eigenvalue weighted by Gasteiger charge is 2.37. The summed E-state index contributed by atoms with van der Waals surface area (Å²) in [6.07, 6.45) is -1.23. The molecule has 2 aromatic carbocycles. The third-order valence-corrected chi connectivity index (χ3v) is 8.57. The van der Waals surface area contributed by atoms with Gasteiger partial charge in [-0.1, -0.05) is 75.0 Å². The highest BCUT2D eigenvalue weighted by molar-refractivity contribution is 7.99. The Kier molecular flexibility index (Phi) is 9.33. The third kappa shape index (κ3) is 7.37. The average Bonchev–Trinajstić information content (AvgIpc) is 3.59. The van der Waals surface area contributed by atoms with Crippen LogP contribution in [0.4, 0.5) is 26.3 Å². The lowest BCUT2D eigenvalue weighted by atomic mass is 10.0. The van der Waals surface area contributed by atoms with E-state index in [1.165, 1.54) is 0 Å². The summed E-state index contributed by atoms with van der Waals surface area (Å²) < 4.78 is 85.5. The Balaban J connectivity index is 1.91. The van der Waals surface area contributed by atoms with E-state index in [0.717, 1.165) is 75.3 Å². The fourth-order valence-electron chi connectivity index (χ4n) is 5.23. The molecule has 0 atom stereocenters. The molecule has 2 fully saturated rings. The van der Waals surface area contributed by atoms with E-state index in [0.29, 0.717) is 24.0 Å². The topological polar surface area (TPSA) is 0 Å². The summed E-state index contributed by atoms with van der Waals surface area (Å²) in [5, 5.41) is 0. The van der Waals surface area contributed by atoms with E-state index in [-0.39, 0.29) is 32.8 Å². The van der Waals surface area contributed by atoms with Crippen molar-refractivity contribution in [3.05, 3.63) is 57.6 Å². The standard InChI is InChI=1S/C32H32F6S/c1-3-21-17-27(31(33,34)35)25(15-13-23-9-5-6-10-23)29(19-21)39-30-20-22(4-2)18-28(32(36,37)38)26(30)16-14-24-11-7-8-12-24/h17-20,23-24H,3-12H2,1-2H3. The minimum Gasteiger partial charge on any atom is -0.166 e. The zero-order chi connectivity index (χ0) is 28.2. The third-order valence-electron chi connectivity index (χ3n) is 7.48. The molecular formula is C32H32F6S. The van der Waals surface area contributed by atoms with Crippen molar-refractivity contribution in [1.29, 1.82) is 0 Å². The molecule has 39 heavy (non-hydrogen) atoms. The Labute approximate surface area is 231 Å². The van der Waals surface area contributed by atoms with E-state index in [1.54, 1.807) is 26.0 Å². The Morgan fingerprint density at radius 3 is 1.31 bits per heavy atom. The molecule has 0 heterocycles. The number of aryl methyl sites for hydroxylation is 2. The van der Waals surface area contributed by atoms with Crippen molar-refractivity contribution in [3.8, 4) is 23.7 Å². The van der Waals surface area contributed by atoms with Crippen LogP contribution in [0.15, 0.2) is 34.1 Å². The minimum absolute atomic E-state index is 0.0304. The van der Waals surface area contributed by atoms with Gasteiger partial charge in [0.25, 0.3) is 0 Å². The molecule has 0 saturated heterocycles. The van der Waals surface area contributed by atoms with Crippen molar-refractivity contribution in [2.24, 2.45) is 11.8 Å². The minimum atomic E-state index is -4.65. The molecular weight excluding hydrogens is 530 g/mol. The lowest BCUT2D eigenvalue weighted by Crippen LogP contribution is -2.11. The molecule has 0 N–H and O–H groups in total. The molecule has 2 aliphatic rings. The van der Waals surface area contributed by atoms with Gasteiger partial charge in [-0.2, -0.15) is 26.3 Å². The van der Waals surface area contributed by atoms with Crippen molar-refractivity contribution in [2.45, 2.75) is 100 Å². The van der Waals surface area contributed by atoms with Crippen molar-refractivity contribution < 1.29 is 26.3 Å². The lowest BCUT2D eigenvalue weighted by Gasteiger charge is -2.18. The van der Waals surface area contributed by atoms with Gasteiger partial charge in [-0.05, 0) is 73.9 Å². The maximum absolute atomic E-state index is 14.2. The predicted octanol–water partition coefficient (Wildman–Crippen LogP) is 10.1. The smallest absolute Gasteiger partial charge is 0.166 e. The van der Waals surface area contributed by atoms with Crippen molar-refractivity contribution in [1.82, 2.24) is 0 Å². The van der Waals surface area contributed by atoms with Crippen LogP contribution in [-0.2, 0) is 25.2 Å². The number of alkyl halides is 6. The van der Waals surface area contributed by atoms with Crippen LogP contribution in [0.3, 0.4) is 0 Å². The molecule has 0 nitrogen and oxygen atoms in total. The van der Waals surface area contributed by atoms with Crippen LogP contribution in [0, 0.1) is 35.5 Å². The number of hydrogen-bond donors (Lipinski definition) is 0. The second kappa shape index (κ2) is 12.3. The summed E-state index contributed by atoms with van der Waals surface area (Å²) in [6.45, 7) is 3.51. The number of rotatable bonds is 4. The summed E-state index contributed by atoms with van der Waals surface area (Å²) in [7, 11) is 0. The van der Waals surface area contributed by atoms with Gasteiger partial charge in [0.05, 0.1) is 22.3 Å². The zero-order valence-electron chi connectivity index (χ0n) is 22.2. The summed E-state index contributed by atoms with van der Waals surface area (Å²) in [6, 6.07) is 5.51. The molecule has 2 aromatic rings. The van der Waals surface area contributed by atoms with Crippen LogP contribution in [0.5, 0.6) is 0 Å². The summed E-state index contributed by atoms with van der Waals surface area (Å²) in [5.74, 6) is 11.8. The molecule has 2 saturated carbocycles. The van der Waals surface area contributed by atoms with Crippen LogP contribution >= 0.6 is 11.8 Å². The first-order valence-electron chi connectivity index (χ1n) is 13.7. The van der Waals surface area contributed by atoms with E-state index in [1.807, 2.05) is 0 Å². The van der Waals surface area contributed by atoms with Gasteiger partial charge in [0.15, 0.2) is 0 Å². The summed E-state index contributed by atoms with van der Waals surface area (Å²) in [5.41, 5.74) is -1.09. The van der Waals surface area contributed by atoms with Gasteiger partial charge in [0.1, 0.15) is 0 Å². The molecule has 0 amide bonds. The van der Waals surface area contributed by atoms with E-state index >= 15 is 0 Å². The molecule has 0 radical (unpaired) electrons. The molecule has 2 aliphatic carbocycles. The first-order chi connectivity index (χ1) is 18.5. The normalized spacial score (nSPS) is 16.6. The van der Waals surface area contributed by atoms with Crippen LogP contribution in [0.1, 0.15) is 98.6 Å². The maximum atomic E-state index is 14.2. The molecule has 0 aliphatic heterocycles. The van der Waals surface area contributed by atoms with Gasteiger partial charge in [0, 0.05) is 21.6 Å². The van der Waals surface area contributed by atoms with Gasteiger partial charge in [-0.3, -0.25) is 0 Å². The molecule has 0 bridgehead atoms. The largest absolute Gasteiger partial charge is 0.417 e. The highest BCUT2D eigenvalue weighted by atomic mass is 32.2. The fourth-order valence-corrected chi connectivity index (χ4v) is 6.41. The zero-order valence-corrected chi connectivity index (χ0v) is 23.0. The maximum Gasteiger partial charge on any atom is 0.417 e. The number of benzene rings is 2. The van der Waals surface area contributed by atoms with Gasteiger partial charge in [-0.25, -0.2) is 0 Å². The molecule has 4 rings (SSSR count). The average molecular weight is 563 g/mol. The molecule has 208 valence electrons. The van der Waals surface area contributed by atoms with Crippen molar-refractivity contribution in [3.63, 3.8) is 0 Å². The molecule has 0 spiro atoms. The predicted molar refractivity (Wildman–Crippen MR) is 143 cm³/mol. The molecule has 7 heteroatoms. The summed E-state index contributed by atoms with van der Waals surface area (Å²) >= 11 is 0.920. The van der Waals surface area contributed by atoms with E-state index < -0.39 is 23.5 Å². The Hall–Kier alpha value is -2.51. The van der Waals surface area contributed by atoms with Crippen LogP contribution < -0.4 is 0 Å². The van der Waals surface area contributed by atoms with E-state index in [9.17, 15) is 26.3 Å². The second-order valence-corrected chi connectivity index (χ2v) is 11.4. The quantitative estimate of drug-likeness (QED) is 0.264. The highest BCUT2D eigenvalue weighted by Crippen LogP contribution is 2.44. The van der Waals surface area contributed by atoms with Gasteiger partial charge >= 0.3 is 12.4 Å². The van der Waals surface area contributed by atoms with Gasteiger partial charge in [-0.15, -0.1) is 0 Å². The van der Waals surface area contributed by atoms with Crippen LogP contribution in [-0.4, -0.2) is 0 Å². The summed E-state index contributed by atoms with van der Waals surface area (Å²) in [4.78, 5) is 0.440. The molecule has 0 aromatic heterocycles. The lowest BCUT2D eigenvalue weighted by molar-refractivity contribution is -0.138. The first-order valence-corrected chi connectivity index (χ1v) is 14.5. The Bertz CT molecular complexity index is 1200. The number of halogens is 6. The fraction of sp³-hybridized carbons (Fsp3) is 0.500. The Morgan fingerprint density at radius 2 is 1.00 bits per heavy atom. The van der Waals surface area contributed by atoms with E-state index in [4.69, 9.17) is 0 Å². The van der Waals surface area contributed by atoms with Gasteiger partial charge in [0.2, 0.25) is 0 Å². The number of hydrogen-bond acceptors (Lipinski definition) is 1. The van der Waals surface area contributed by atoms with Crippen molar-refractivity contribution >= 4 is 11.8 Å². The van der Waals surface area contributed by atoms with Gasteiger partial charge < -0.3 is 0 Å². The SMILES string of the molecule is CCc1cc(Sc2cc(CC)cc(C(F)(F)F)c2C#CC2CCCC2)c(C#CC2CCCC2)c(C(F)(F)F)c1. The van der Waals surface area contributed by atoms with Crippen LogP contribution in [0.2, 0.25) is 0 Å². The van der Waals surface area contributed by atoms with Crippen LogP contribution in [0.25, 0.3) is 0 Å². The first kappa shape index (κ1) is 29.5. The van der Waals surface area contributed by atoms with Crippen molar-refractivity contribution in [2.75, 3.05) is 0 Å². The molecule has 0 unspecified atom stereocenters. The van der Waals surface area contributed by atoms with E-state index in [2.05, 4.69) is 23.7 Å². The monoisotopic (exact) mass is 562 g/mol. The second-order valence-electron chi connectivity index (χ2n) is 10.3.